The van der Waals surface area contributed by atoms with E-state index in [1.807, 2.05) is 20.8 Å². The lowest BCUT2D eigenvalue weighted by Gasteiger charge is -2.26. The third-order valence-electron chi connectivity index (χ3n) is 4.99. The van der Waals surface area contributed by atoms with Crippen LogP contribution in [0.1, 0.15) is 58.9 Å². The van der Waals surface area contributed by atoms with Crippen LogP contribution in [0.15, 0.2) is 18.2 Å². The summed E-state index contributed by atoms with van der Waals surface area (Å²) in [6.07, 6.45) is -1.59. The van der Waals surface area contributed by atoms with Gasteiger partial charge in [0.25, 0.3) is 0 Å². The van der Waals surface area contributed by atoms with Crippen LogP contribution in [0.5, 0.6) is 11.5 Å². The van der Waals surface area contributed by atoms with Crippen molar-refractivity contribution in [3.8, 4) is 11.5 Å². The van der Waals surface area contributed by atoms with E-state index in [9.17, 15) is 19.2 Å². The van der Waals surface area contributed by atoms with Crippen LogP contribution < -0.4 is 15.2 Å². The summed E-state index contributed by atoms with van der Waals surface area (Å²) in [5, 5.41) is 0. The average molecular weight is 528 g/mol. The number of esters is 1. The smallest absolute Gasteiger partial charge is 0.468 e. The molecular formula is C25H37NO11. The fraction of sp³-hybridized carbons (Fsp3) is 0.600. The summed E-state index contributed by atoms with van der Waals surface area (Å²) in [6.45, 7) is 7.27. The standard InChI is InChI=1S/C25H37NO11/c1-6-12-32-23(29)36-19-10-9-18(15-20(19)37-24(30)33-13-7-2)16-25(26,21(27)31-5)11-14-34-22(28)35-17(4)8-3/h9-10,15,17H,6-8,11-14,16,26H2,1-5H3/t17-,25+/m0/s1. The molecule has 208 valence electrons. The van der Waals surface area contributed by atoms with E-state index in [0.29, 0.717) is 24.8 Å². The SMILES string of the molecule is CCCOC(=O)Oc1ccc(C[C@](N)(CCOC(=O)O[C@@H](C)CC)C(=O)OC)cc1OC(=O)OCCC. The van der Waals surface area contributed by atoms with E-state index < -0.39 is 30.0 Å². The number of carbonyl (C=O) groups is 4. The van der Waals surface area contributed by atoms with Gasteiger partial charge in [-0.15, -0.1) is 0 Å². The Balaban J connectivity index is 3.09. The summed E-state index contributed by atoms with van der Waals surface area (Å²) in [5.41, 5.74) is 5.17. The van der Waals surface area contributed by atoms with Crippen LogP contribution >= 0.6 is 0 Å². The van der Waals surface area contributed by atoms with Crippen LogP contribution in [0, 0.1) is 0 Å². The summed E-state index contributed by atoms with van der Waals surface area (Å²) < 4.78 is 35.1. The zero-order valence-corrected chi connectivity index (χ0v) is 22.0. The monoisotopic (exact) mass is 527 g/mol. The van der Waals surface area contributed by atoms with Gasteiger partial charge in [-0.25, -0.2) is 14.4 Å². The van der Waals surface area contributed by atoms with Gasteiger partial charge in [-0.05, 0) is 43.9 Å². The highest BCUT2D eigenvalue weighted by Gasteiger charge is 2.36. The molecule has 0 heterocycles. The molecule has 0 fully saturated rings. The summed E-state index contributed by atoms with van der Waals surface area (Å²) in [6, 6.07) is 4.26. The van der Waals surface area contributed by atoms with E-state index >= 15 is 0 Å². The van der Waals surface area contributed by atoms with Crippen molar-refractivity contribution in [2.75, 3.05) is 26.9 Å². The largest absolute Gasteiger partial charge is 0.513 e. The van der Waals surface area contributed by atoms with Crippen LogP contribution in [0.2, 0.25) is 0 Å². The number of benzene rings is 1. The first kappa shape index (κ1) is 31.5. The van der Waals surface area contributed by atoms with Gasteiger partial charge in [0.05, 0.1) is 26.9 Å². The van der Waals surface area contributed by atoms with Crippen LogP contribution in [0.3, 0.4) is 0 Å². The number of ether oxygens (including phenoxy) is 7. The maximum Gasteiger partial charge on any atom is 0.513 e. The molecule has 37 heavy (non-hydrogen) atoms. The van der Waals surface area contributed by atoms with Crippen molar-refractivity contribution in [3.05, 3.63) is 23.8 Å². The molecule has 0 aliphatic carbocycles. The second-order valence-electron chi connectivity index (χ2n) is 8.19. The van der Waals surface area contributed by atoms with Gasteiger partial charge in [0, 0.05) is 12.8 Å². The predicted octanol–water partition coefficient (Wildman–Crippen LogP) is 4.29. The molecule has 0 saturated heterocycles. The number of hydrogen-bond acceptors (Lipinski definition) is 12. The van der Waals surface area contributed by atoms with Gasteiger partial charge in [0.1, 0.15) is 11.6 Å². The fourth-order valence-electron chi connectivity index (χ4n) is 2.86. The fourth-order valence-corrected chi connectivity index (χ4v) is 2.86. The Morgan fingerprint density at radius 3 is 1.97 bits per heavy atom. The molecule has 0 aliphatic heterocycles. The third-order valence-corrected chi connectivity index (χ3v) is 4.99. The predicted molar refractivity (Wildman–Crippen MR) is 130 cm³/mol. The van der Waals surface area contributed by atoms with Crippen molar-refractivity contribution in [2.24, 2.45) is 5.73 Å². The van der Waals surface area contributed by atoms with Gasteiger partial charge in [-0.3, -0.25) is 4.79 Å². The minimum atomic E-state index is -1.60. The van der Waals surface area contributed by atoms with Crippen molar-refractivity contribution in [3.63, 3.8) is 0 Å². The molecule has 0 spiro atoms. The van der Waals surface area contributed by atoms with E-state index in [-0.39, 0.29) is 50.3 Å². The average Bonchev–Trinajstić information content (AvgIpc) is 2.86. The first-order valence-electron chi connectivity index (χ1n) is 12.1. The molecule has 12 nitrogen and oxygen atoms in total. The first-order valence-corrected chi connectivity index (χ1v) is 12.1. The van der Waals surface area contributed by atoms with E-state index in [2.05, 4.69) is 0 Å². The van der Waals surface area contributed by atoms with Crippen molar-refractivity contribution in [1.82, 2.24) is 0 Å². The molecule has 1 rings (SSSR count). The van der Waals surface area contributed by atoms with Crippen molar-refractivity contribution < 1.29 is 52.3 Å². The minimum absolute atomic E-state index is 0.0917. The normalized spacial score (nSPS) is 12.9. The molecule has 0 bridgehead atoms. The number of methoxy groups -OCH3 is 1. The van der Waals surface area contributed by atoms with Gasteiger partial charge < -0.3 is 38.9 Å². The lowest BCUT2D eigenvalue weighted by atomic mass is 9.88. The topological polar surface area (TPSA) is 159 Å². The summed E-state index contributed by atoms with van der Waals surface area (Å²) in [4.78, 5) is 48.3. The molecular weight excluding hydrogens is 490 g/mol. The Bertz CT molecular complexity index is 905. The summed E-state index contributed by atoms with van der Waals surface area (Å²) in [7, 11) is 1.18. The molecule has 2 atom stereocenters. The maximum absolute atomic E-state index is 12.5. The highest BCUT2D eigenvalue weighted by molar-refractivity contribution is 5.81. The highest BCUT2D eigenvalue weighted by Crippen LogP contribution is 2.31. The Kier molecular flexibility index (Phi) is 13.8. The lowest BCUT2D eigenvalue weighted by molar-refractivity contribution is -0.147. The molecule has 0 radical (unpaired) electrons. The quantitative estimate of drug-likeness (QED) is 0.208. The van der Waals surface area contributed by atoms with Gasteiger partial charge in [-0.1, -0.05) is 26.8 Å². The molecule has 0 aliphatic rings. The van der Waals surface area contributed by atoms with Gasteiger partial charge >= 0.3 is 24.4 Å². The zero-order valence-electron chi connectivity index (χ0n) is 22.0. The van der Waals surface area contributed by atoms with E-state index in [1.54, 1.807) is 6.92 Å². The summed E-state index contributed by atoms with van der Waals surface area (Å²) >= 11 is 0. The number of rotatable bonds is 14. The Morgan fingerprint density at radius 2 is 1.43 bits per heavy atom. The molecule has 0 aromatic heterocycles. The second-order valence-corrected chi connectivity index (χ2v) is 8.19. The lowest BCUT2D eigenvalue weighted by Crippen LogP contribution is -2.51. The molecule has 0 amide bonds. The third kappa shape index (κ3) is 11.4. The highest BCUT2D eigenvalue weighted by atomic mass is 16.7. The Morgan fingerprint density at radius 1 is 0.865 bits per heavy atom. The van der Waals surface area contributed by atoms with Crippen molar-refractivity contribution >= 4 is 24.4 Å². The maximum atomic E-state index is 12.5. The molecule has 1 aromatic rings. The van der Waals surface area contributed by atoms with E-state index in [1.165, 1.54) is 25.3 Å². The molecule has 0 unspecified atom stereocenters. The molecule has 1 aromatic carbocycles. The zero-order chi connectivity index (χ0) is 27.8. The van der Waals surface area contributed by atoms with Crippen LogP contribution in [0.25, 0.3) is 0 Å². The summed E-state index contributed by atoms with van der Waals surface area (Å²) in [5.74, 6) is -0.998. The number of hydrogen-bond donors (Lipinski definition) is 1. The molecule has 2 N–H and O–H groups in total. The van der Waals surface area contributed by atoms with Crippen LogP contribution in [-0.2, 0) is 34.9 Å². The first-order chi connectivity index (χ1) is 17.6. The molecule has 0 saturated carbocycles. The van der Waals surface area contributed by atoms with E-state index in [4.69, 9.17) is 38.9 Å². The Hall–Kier alpha value is -3.54. The van der Waals surface area contributed by atoms with Crippen molar-refractivity contribution in [1.29, 1.82) is 0 Å². The van der Waals surface area contributed by atoms with E-state index in [0.717, 1.165) is 0 Å². The molecule has 12 heteroatoms. The van der Waals surface area contributed by atoms with Gasteiger partial charge in [0.15, 0.2) is 11.5 Å². The second kappa shape index (κ2) is 16.3. The number of carbonyl (C=O) groups excluding carboxylic acids is 4. The Labute approximate surface area is 216 Å². The van der Waals surface area contributed by atoms with Gasteiger partial charge in [-0.2, -0.15) is 0 Å². The number of nitrogens with two attached hydrogens (primary N) is 1. The van der Waals surface area contributed by atoms with Crippen molar-refractivity contribution in [2.45, 2.75) is 71.4 Å². The van der Waals surface area contributed by atoms with Crippen LogP contribution in [-0.4, -0.2) is 63.0 Å². The minimum Gasteiger partial charge on any atom is -0.468 e. The van der Waals surface area contributed by atoms with Crippen LogP contribution in [0.4, 0.5) is 14.4 Å². The van der Waals surface area contributed by atoms with Gasteiger partial charge in [0.2, 0.25) is 0 Å².